The van der Waals surface area contributed by atoms with Crippen LogP contribution in [0.25, 0.3) is 0 Å². The molecule has 0 fully saturated rings. The van der Waals surface area contributed by atoms with Gasteiger partial charge in [-0.05, 0) is 34.2 Å². The van der Waals surface area contributed by atoms with Crippen LogP contribution in [-0.4, -0.2) is 211 Å². The molecule has 0 saturated heterocycles. The van der Waals surface area contributed by atoms with Gasteiger partial charge >= 0.3 is 5.97 Å². The highest BCUT2D eigenvalue weighted by atomic mass is 16.4. The van der Waals surface area contributed by atoms with Crippen LogP contribution in [0, 0.1) is 0 Å². The summed E-state index contributed by atoms with van der Waals surface area (Å²) in [6, 6.07) is 0.648. The summed E-state index contributed by atoms with van der Waals surface area (Å²) in [6.45, 7) is 13.5. The molecule has 0 aliphatic rings. The lowest BCUT2D eigenvalue weighted by Gasteiger charge is -2.18. The Morgan fingerprint density at radius 3 is 1.29 bits per heavy atom. The second-order valence-electron chi connectivity index (χ2n) is 11.3. The van der Waals surface area contributed by atoms with E-state index in [1.54, 1.807) is 19.0 Å². The van der Waals surface area contributed by atoms with Gasteiger partial charge in [-0.25, -0.2) is 0 Å². The van der Waals surface area contributed by atoms with Crippen molar-refractivity contribution in [1.82, 2.24) is 51.1 Å². The number of amides is 7. The predicted octanol–water partition coefficient (Wildman–Crippen LogP) is -3.30. The Kier molecular flexibility index (Phi) is 50.9. The molecule has 55 heavy (non-hydrogen) atoms. The van der Waals surface area contributed by atoms with E-state index in [4.69, 9.17) is 5.11 Å². The van der Waals surface area contributed by atoms with Crippen LogP contribution in [-0.2, 0) is 47.9 Å². The van der Waals surface area contributed by atoms with Crippen molar-refractivity contribution in [2.45, 2.75) is 47.6 Å². The van der Waals surface area contributed by atoms with E-state index in [9.17, 15) is 47.9 Å². The smallest absolute Gasteiger partial charge is 0.317 e. The van der Waals surface area contributed by atoms with Crippen LogP contribution in [0.4, 0.5) is 0 Å². The van der Waals surface area contributed by atoms with Crippen molar-refractivity contribution in [1.29, 1.82) is 0 Å². The van der Waals surface area contributed by atoms with Crippen LogP contribution in [0.1, 0.15) is 41.5 Å². The molecular weight excluding hydrogens is 724 g/mol. The second-order valence-corrected chi connectivity index (χ2v) is 11.3. The fraction of sp³-hybridized carbons (Fsp3) is 0.706. The molecule has 0 spiro atoms. The first-order valence-electron chi connectivity index (χ1n) is 17.4. The zero-order valence-corrected chi connectivity index (χ0v) is 35.2. The van der Waals surface area contributed by atoms with Gasteiger partial charge in [0.25, 0.3) is 0 Å². The van der Waals surface area contributed by atoms with Crippen molar-refractivity contribution in [2.75, 3.05) is 115 Å². The lowest BCUT2D eigenvalue weighted by atomic mass is 10.4. The maximum absolute atomic E-state index is 11.8. The van der Waals surface area contributed by atoms with E-state index in [1.807, 2.05) is 20.9 Å². The molecule has 0 unspecified atom stereocenters. The summed E-state index contributed by atoms with van der Waals surface area (Å²) in [6.07, 6.45) is 2.16. The molecule has 0 radical (unpaired) electrons. The van der Waals surface area contributed by atoms with Crippen LogP contribution >= 0.6 is 0 Å². The average Bonchev–Trinajstić information content (AvgIpc) is 3.12. The number of hydrogen-bond donors (Lipinski definition) is 6. The Balaban J connectivity index is -0.000000163. The number of carboxylic acids is 1. The highest BCUT2D eigenvalue weighted by Crippen LogP contribution is 1.86. The third-order valence-corrected chi connectivity index (χ3v) is 5.40. The van der Waals surface area contributed by atoms with E-state index in [0.29, 0.717) is 31.4 Å². The maximum atomic E-state index is 11.8. The number of carbonyl (C=O) groups is 10. The number of hydrogen-bond acceptors (Lipinski definition) is 13. The van der Waals surface area contributed by atoms with Gasteiger partial charge in [0.15, 0.2) is 0 Å². The third kappa shape index (κ3) is 55.9. The minimum Gasteiger partial charge on any atom is -0.480 e. The van der Waals surface area contributed by atoms with Gasteiger partial charge < -0.3 is 60.9 Å². The zero-order valence-electron chi connectivity index (χ0n) is 35.2. The van der Waals surface area contributed by atoms with Crippen LogP contribution < -0.4 is 26.6 Å². The lowest BCUT2D eigenvalue weighted by Crippen LogP contribution is -2.46. The SMILES string of the molecule is CC.CCNC.CCNC(C)C.CN(C)CC(=O)O.CN(C=O)CC(=O)NCC(=O)N(C)CC(=O)NCC(=O)N(C)CC=O.CN(C=O)CC(=O)NCC=O. The fourth-order valence-corrected chi connectivity index (χ4v) is 2.67. The van der Waals surface area contributed by atoms with E-state index in [0.717, 1.165) is 27.8 Å². The van der Waals surface area contributed by atoms with Crippen molar-refractivity contribution in [3.63, 3.8) is 0 Å². The summed E-state index contributed by atoms with van der Waals surface area (Å²) in [7, 11) is 11.0. The molecule has 0 aromatic carbocycles. The highest BCUT2D eigenvalue weighted by Gasteiger charge is 2.16. The minimum absolute atomic E-state index is 0.00840. The number of carbonyl (C=O) groups excluding carboxylic acids is 9. The molecule has 0 atom stereocenters. The molecule has 0 heterocycles. The van der Waals surface area contributed by atoms with E-state index in [2.05, 4.69) is 54.3 Å². The third-order valence-electron chi connectivity index (χ3n) is 5.40. The topological polar surface area (TPSA) is 267 Å². The van der Waals surface area contributed by atoms with Crippen molar-refractivity contribution in [3.8, 4) is 0 Å². The van der Waals surface area contributed by atoms with Gasteiger partial charge in [0.1, 0.15) is 12.6 Å². The standard InChI is InChI=1S/C14H23N5O6.C6H10N2O3.C5H13N.C4H9NO2.C3H9N.C2H6/c1-17(10-21)8-11(22)15-7-14(25)19(3)9-12(23)16-6-13(24)18(2)4-5-20;1-8(5-10)4-6(11)7-2-3-9;1-4-6-5(2)3;1-5(2)3-4(6)7;1-3-4-2;1-2/h5,10H,4,6-9H2,1-3H3,(H,15,22)(H,16,23);3,5H,2,4H2,1H3,(H,7,11);5-6H,4H2,1-3H3;3H2,1-2H3,(H,6,7);4H,3H2,1-2H3;1-2H3. The molecule has 322 valence electrons. The van der Waals surface area contributed by atoms with Gasteiger partial charge in [-0.15, -0.1) is 0 Å². The lowest BCUT2D eigenvalue weighted by molar-refractivity contribution is -0.137. The first kappa shape index (κ1) is 62.0. The summed E-state index contributed by atoms with van der Waals surface area (Å²) in [5.41, 5.74) is 0. The Bertz CT molecular complexity index is 1060. The normalized spacial score (nSPS) is 9.00. The highest BCUT2D eigenvalue weighted by molar-refractivity contribution is 5.90. The van der Waals surface area contributed by atoms with Gasteiger partial charge in [-0.3, -0.25) is 43.3 Å². The van der Waals surface area contributed by atoms with Gasteiger partial charge in [0.2, 0.25) is 42.4 Å². The van der Waals surface area contributed by atoms with Crippen molar-refractivity contribution in [3.05, 3.63) is 0 Å². The molecular formula is C34H70N10O11. The van der Waals surface area contributed by atoms with Crippen LogP contribution in [0.5, 0.6) is 0 Å². The van der Waals surface area contributed by atoms with Crippen molar-refractivity contribution < 1.29 is 53.1 Å². The summed E-state index contributed by atoms with van der Waals surface area (Å²) in [5, 5.41) is 21.1. The van der Waals surface area contributed by atoms with Crippen LogP contribution in [0.3, 0.4) is 0 Å². The quantitative estimate of drug-likeness (QED) is 0.0622. The Labute approximate surface area is 327 Å². The first-order valence-corrected chi connectivity index (χ1v) is 17.4. The number of carboxylic acid groups (broad SMARTS) is 1. The first-order chi connectivity index (χ1) is 25.7. The number of nitrogens with one attached hydrogen (secondary N) is 5. The number of likely N-dealkylation sites (N-methyl/N-ethyl adjacent to an activating group) is 5. The maximum Gasteiger partial charge on any atom is 0.317 e. The van der Waals surface area contributed by atoms with Crippen LogP contribution in [0.2, 0.25) is 0 Å². The van der Waals surface area contributed by atoms with E-state index in [-0.39, 0.29) is 58.3 Å². The fourth-order valence-electron chi connectivity index (χ4n) is 2.67. The molecule has 7 amide bonds. The molecule has 21 nitrogen and oxygen atoms in total. The number of aldehydes is 2. The molecule has 21 heteroatoms. The summed E-state index contributed by atoms with van der Waals surface area (Å²) < 4.78 is 0. The van der Waals surface area contributed by atoms with Crippen molar-refractivity contribution >= 4 is 60.9 Å². The monoisotopic (exact) mass is 795 g/mol. The van der Waals surface area contributed by atoms with Crippen molar-refractivity contribution in [2.24, 2.45) is 0 Å². The van der Waals surface area contributed by atoms with E-state index in [1.165, 1.54) is 33.1 Å². The molecule has 0 saturated carbocycles. The predicted molar refractivity (Wildman–Crippen MR) is 210 cm³/mol. The minimum atomic E-state index is -0.787. The largest absolute Gasteiger partial charge is 0.480 e. The summed E-state index contributed by atoms with van der Waals surface area (Å²) in [4.78, 5) is 113. The number of rotatable bonds is 21. The zero-order chi connectivity index (χ0) is 44.4. The van der Waals surface area contributed by atoms with Gasteiger partial charge in [0, 0.05) is 34.2 Å². The Morgan fingerprint density at radius 1 is 0.618 bits per heavy atom. The number of aliphatic carboxylic acids is 1. The Hall–Kier alpha value is -5.02. The van der Waals surface area contributed by atoms with Gasteiger partial charge in [0.05, 0.1) is 52.4 Å². The molecule has 0 rings (SSSR count). The summed E-state index contributed by atoms with van der Waals surface area (Å²) >= 11 is 0. The average molecular weight is 795 g/mol. The van der Waals surface area contributed by atoms with Crippen LogP contribution in [0.15, 0.2) is 0 Å². The van der Waals surface area contributed by atoms with E-state index < -0.39 is 29.6 Å². The molecule has 6 N–H and O–H groups in total. The molecule has 0 aromatic heterocycles. The van der Waals surface area contributed by atoms with E-state index >= 15 is 0 Å². The molecule has 0 aliphatic carbocycles. The second kappa shape index (κ2) is 45.1. The number of nitrogens with zero attached hydrogens (tertiary/aromatic N) is 5. The molecule has 0 aliphatic heterocycles. The molecule has 0 aromatic rings. The molecule has 0 bridgehead atoms. The Morgan fingerprint density at radius 2 is 1.02 bits per heavy atom. The summed E-state index contributed by atoms with van der Waals surface area (Å²) in [5.74, 6) is -3.15. The van der Waals surface area contributed by atoms with Gasteiger partial charge in [-0.2, -0.15) is 0 Å². The van der Waals surface area contributed by atoms with Gasteiger partial charge in [-0.1, -0.05) is 41.5 Å².